The number of rotatable bonds is 9. The topological polar surface area (TPSA) is 36.9 Å². The molecule has 0 aliphatic carbocycles. The Morgan fingerprint density at radius 2 is 1.28 bits per heavy atom. The van der Waals surface area contributed by atoms with Crippen LogP contribution < -0.4 is 0 Å². The van der Waals surface area contributed by atoms with E-state index in [1.165, 1.54) is 0 Å². The fraction of sp³-hybridized carbons (Fsp3) is 0.931. The van der Waals surface area contributed by atoms with Crippen LogP contribution in [0.15, 0.2) is 12.2 Å². The van der Waals surface area contributed by atoms with E-state index in [9.17, 15) is 0 Å². The second-order valence-electron chi connectivity index (χ2n) is 15.7. The van der Waals surface area contributed by atoms with Crippen LogP contribution in [0.3, 0.4) is 0 Å². The molecule has 0 aromatic heterocycles. The van der Waals surface area contributed by atoms with Crippen LogP contribution >= 0.6 is 0 Å². The van der Waals surface area contributed by atoms with Gasteiger partial charge in [0, 0.05) is 12.3 Å². The van der Waals surface area contributed by atoms with Gasteiger partial charge in [0.1, 0.15) is 0 Å². The summed E-state index contributed by atoms with van der Waals surface area (Å²) < 4.78 is 27.8. The predicted octanol–water partition coefficient (Wildman–Crippen LogP) is 9.16. The highest BCUT2D eigenvalue weighted by Crippen LogP contribution is 2.43. The number of hydrogen-bond acceptors (Lipinski definition) is 4. The van der Waals surface area contributed by atoms with Crippen molar-refractivity contribution in [3.8, 4) is 0 Å². The highest BCUT2D eigenvalue weighted by atomic mass is 28.4. The van der Waals surface area contributed by atoms with Crippen LogP contribution in [0.1, 0.15) is 82.6 Å². The van der Waals surface area contributed by atoms with Gasteiger partial charge < -0.3 is 18.0 Å². The lowest BCUT2D eigenvalue weighted by Crippen LogP contribution is -2.57. The zero-order valence-electron chi connectivity index (χ0n) is 27.1. The Morgan fingerprint density at radius 1 is 0.806 bits per heavy atom. The van der Waals surface area contributed by atoms with Gasteiger partial charge >= 0.3 is 0 Å². The third-order valence-electron chi connectivity index (χ3n) is 9.62. The van der Waals surface area contributed by atoms with Crippen LogP contribution in [-0.2, 0) is 18.0 Å². The molecule has 1 fully saturated rings. The Bertz CT molecular complexity index is 726. The first-order chi connectivity index (χ1) is 15.9. The normalized spacial score (nSPS) is 26.5. The van der Waals surface area contributed by atoms with Gasteiger partial charge in [0.05, 0.1) is 31.0 Å². The highest BCUT2D eigenvalue weighted by molar-refractivity contribution is 6.75. The first-order valence-electron chi connectivity index (χ1n) is 14.1. The van der Waals surface area contributed by atoms with E-state index in [4.69, 9.17) is 18.0 Å². The summed E-state index contributed by atoms with van der Waals surface area (Å²) in [5, 5.41) is 0.432. The van der Waals surface area contributed by atoms with E-state index < -0.39 is 25.0 Å². The van der Waals surface area contributed by atoms with Crippen LogP contribution in [0.4, 0.5) is 0 Å². The Balaban J connectivity index is 3.39. The van der Waals surface area contributed by atoms with E-state index >= 15 is 0 Å². The van der Waals surface area contributed by atoms with Gasteiger partial charge in [-0.2, -0.15) is 0 Å². The third kappa shape index (κ3) is 8.62. The van der Waals surface area contributed by atoms with Crippen molar-refractivity contribution in [3.63, 3.8) is 0 Å². The Morgan fingerprint density at radius 3 is 1.69 bits per heavy atom. The number of allylic oxidation sites excluding steroid dienone is 1. The second-order valence-corrected chi connectivity index (χ2v) is 30.0. The molecule has 0 aromatic rings. The molecule has 1 saturated heterocycles. The molecule has 0 bridgehead atoms. The second kappa shape index (κ2) is 11.8. The fourth-order valence-corrected chi connectivity index (χ4v) is 7.44. The summed E-state index contributed by atoms with van der Waals surface area (Å²) in [7, 11) is -5.92. The molecule has 1 aliphatic heterocycles. The predicted molar refractivity (Wildman–Crippen MR) is 165 cm³/mol. The van der Waals surface area contributed by atoms with Gasteiger partial charge in [0.25, 0.3) is 0 Å². The van der Waals surface area contributed by atoms with Crippen molar-refractivity contribution in [1.82, 2.24) is 0 Å². The zero-order valence-corrected chi connectivity index (χ0v) is 30.1. The zero-order chi connectivity index (χ0) is 28.5. The maximum absolute atomic E-state index is 7.10. The van der Waals surface area contributed by atoms with Crippen LogP contribution in [0.2, 0.25) is 54.4 Å². The van der Waals surface area contributed by atoms with E-state index in [-0.39, 0.29) is 39.5 Å². The Kier molecular flexibility index (Phi) is 11.2. The van der Waals surface area contributed by atoms with Crippen molar-refractivity contribution in [2.75, 3.05) is 6.61 Å². The van der Waals surface area contributed by atoms with E-state index in [0.29, 0.717) is 12.5 Å². The molecule has 1 heterocycles. The lowest BCUT2D eigenvalue weighted by Gasteiger charge is -2.49. The minimum absolute atomic E-state index is 0.0157. The molecule has 0 aromatic carbocycles. The maximum atomic E-state index is 7.10. The first kappa shape index (κ1) is 34.3. The molecular formula is C29H62O4Si3. The van der Waals surface area contributed by atoms with Gasteiger partial charge in [-0.1, -0.05) is 81.4 Å². The van der Waals surface area contributed by atoms with E-state index in [1.807, 2.05) is 0 Å². The summed E-state index contributed by atoms with van der Waals surface area (Å²) >= 11 is 0. The van der Waals surface area contributed by atoms with E-state index in [1.54, 1.807) is 0 Å². The summed E-state index contributed by atoms with van der Waals surface area (Å²) in [4.78, 5) is 0. The van der Waals surface area contributed by atoms with Crippen molar-refractivity contribution in [3.05, 3.63) is 12.2 Å². The first-order valence-corrected chi connectivity index (χ1v) is 22.9. The highest BCUT2D eigenvalue weighted by Gasteiger charge is 2.48. The van der Waals surface area contributed by atoms with Crippen molar-refractivity contribution in [2.45, 2.75) is 161 Å². The molecule has 0 amide bonds. The number of hydrogen-bond donors (Lipinski definition) is 0. The third-order valence-corrected chi connectivity index (χ3v) is 23.1. The number of ether oxygens (including phenoxy) is 1. The standard InChI is InChI=1S/C29H62O4Si3/c1-18-19-23-22(2)24(32-35(14,15)28(6,7)8)20-25(31-23)26(33-36(16,17)29(9,10)11)21-30-34(12,13)27(3,4)5/h18-19,22-26H,20-21H2,1-17H3/b19-18+/t22-,23+,24-,25+,26-/m1/s1. The Hall–Kier alpha value is 0.231. The summed E-state index contributed by atoms with van der Waals surface area (Å²) in [6, 6.07) is 0. The molecule has 4 nitrogen and oxygen atoms in total. The molecule has 214 valence electrons. The monoisotopic (exact) mass is 558 g/mol. The van der Waals surface area contributed by atoms with Gasteiger partial charge in [0.15, 0.2) is 25.0 Å². The van der Waals surface area contributed by atoms with Crippen molar-refractivity contribution in [2.24, 2.45) is 5.92 Å². The molecular weight excluding hydrogens is 497 g/mol. The van der Waals surface area contributed by atoms with Crippen molar-refractivity contribution in [1.29, 1.82) is 0 Å². The molecule has 0 unspecified atom stereocenters. The molecule has 1 rings (SSSR count). The minimum atomic E-state index is -2.05. The van der Waals surface area contributed by atoms with Crippen LogP contribution in [0.25, 0.3) is 0 Å². The lowest BCUT2D eigenvalue weighted by molar-refractivity contribution is -0.147. The largest absolute Gasteiger partial charge is 0.414 e. The molecule has 0 N–H and O–H groups in total. The smallest absolute Gasteiger partial charge is 0.192 e. The molecule has 1 aliphatic rings. The summed E-state index contributed by atoms with van der Waals surface area (Å²) in [5.41, 5.74) is 0. The molecule has 36 heavy (non-hydrogen) atoms. The van der Waals surface area contributed by atoms with Crippen molar-refractivity contribution < 1.29 is 18.0 Å². The van der Waals surface area contributed by atoms with Gasteiger partial charge in [-0.15, -0.1) is 0 Å². The molecule has 5 atom stereocenters. The van der Waals surface area contributed by atoms with E-state index in [2.05, 4.69) is 128 Å². The van der Waals surface area contributed by atoms with Crippen LogP contribution in [-0.4, -0.2) is 56.0 Å². The molecule has 7 heteroatoms. The maximum Gasteiger partial charge on any atom is 0.192 e. The van der Waals surface area contributed by atoms with E-state index in [0.717, 1.165) is 6.42 Å². The van der Waals surface area contributed by atoms with Crippen molar-refractivity contribution >= 4 is 25.0 Å². The molecule has 0 saturated carbocycles. The lowest BCUT2D eigenvalue weighted by atomic mass is 9.88. The van der Waals surface area contributed by atoms with Gasteiger partial charge in [-0.3, -0.25) is 0 Å². The van der Waals surface area contributed by atoms with Gasteiger partial charge in [-0.25, -0.2) is 0 Å². The minimum Gasteiger partial charge on any atom is -0.414 e. The molecule has 0 spiro atoms. The van der Waals surface area contributed by atoms with Crippen LogP contribution in [0.5, 0.6) is 0 Å². The fourth-order valence-electron chi connectivity index (χ4n) is 3.68. The summed E-state index contributed by atoms with van der Waals surface area (Å²) in [6.07, 6.45) is 5.16. The SMILES string of the molecule is C/C=C/[C@@H]1O[C@H]([C@@H](CO[Si](C)(C)C(C)(C)C)O[Si](C)(C)C(C)(C)C)C[C@@H](O[Si](C)(C)C(C)(C)C)[C@@H]1C. The van der Waals surface area contributed by atoms with Gasteiger partial charge in [0.2, 0.25) is 0 Å². The Labute approximate surface area is 228 Å². The average Bonchev–Trinajstić information content (AvgIpc) is 2.65. The summed E-state index contributed by atoms with van der Waals surface area (Å²) in [5.74, 6) is 0.293. The molecule has 0 radical (unpaired) electrons. The van der Waals surface area contributed by atoms with Crippen LogP contribution in [0, 0.1) is 5.92 Å². The average molecular weight is 559 g/mol. The quantitative estimate of drug-likeness (QED) is 0.209. The van der Waals surface area contributed by atoms with Gasteiger partial charge in [-0.05, 0) is 61.3 Å². The summed E-state index contributed by atoms with van der Waals surface area (Å²) in [6.45, 7) is 39.8.